The van der Waals surface area contributed by atoms with Crippen molar-refractivity contribution in [1.29, 1.82) is 5.26 Å². The van der Waals surface area contributed by atoms with Crippen LogP contribution in [0.25, 0.3) is 0 Å². The predicted octanol–water partition coefficient (Wildman–Crippen LogP) is 1.34. The van der Waals surface area contributed by atoms with Crippen molar-refractivity contribution < 1.29 is 13.5 Å². The van der Waals surface area contributed by atoms with E-state index in [1.165, 1.54) is 16.4 Å². The molecule has 0 aromatic heterocycles. The molecule has 0 radical (unpaired) electrons. The van der Waals surface area contributed by atoms with Gasteiger partial charge in [0.25, 0.3) is 0 Å². The molecule has 0 aliphatic rings. The minimum absolute atomic E-state index is 0.138. The molecule has 0 amide bonds. The SMILES string of the molecule is CC(C)N(CCC#N)S(=O)(=O)c1cccc(C#CCO)c1. The molecule has 1 aromatic carbocycles. The fourth-order valence-corrected chi connectivity index (χ4v) is 3.51. The summed E-state index contributed by atoms with van der Waals surface area (Å²) < 4.78 is 26.5. The average Bonchev–Trinajstić information content (AvgIpc) is 2.45. The zero-order chi connectivity index (χ0) is 15.9. The van der Waals surface area contributed by atoms with Crippen LogP contribution < -0.4 is 0 Å². The summed E-state index contributed by atoms with van der Waals surface area (Å²) in [6, 6.07) is 7.98. The Morgan fingerprint density at radius 2 is 2.10 bits per heavy atom. The van der Waals surface area contributed by atoms with Crippen LogP contribution in [0.4, 0.5) is 0 Å². The number of nitrogens with zero attached hydrogens (tertiary/aromatic N) is 2. The van der Waals surface area contributed by atoms with Gasteiger partial charge in [0.15, 0.2) is 0 Å². The van der Waals surface area contributed by atoms with Crippen LogP contribution in [0.2, 0.25) is 0 Å². The summed E-state index contributed by atoms with van der Waals surface area (Å²) in [6.45, 7) is 3.41. The number of rotatable bonds is 5. The van der Waals surface area contributed by atoms with Crippen molar-refractivity contribution in [2.24, 2.45) is 0 Å². The fraction of sp³-hybridized carbons (Fsp3) is 0.400. The summed E-state index contributed by atoms with van der Waals surface area (Å²) >= 11 is 0. The molecule has 0 atom stereocenters. The van der Waals surface area contributed by atoms with E-state index in [0.717, 1.165) is 0 Å². The Morgan fingerprint density at radius 1 is 1.38 bits per heavy atom. The third-order valence-electron chi connectivity index (χ3n) is 2.77. The Kier molecular flexibility index (Phi) is 6.39. The minimum Gasteiger partial charge on any atom is -0.384 e. The van der Waals surface area contributed by atoms with E-state index in [9.17, 15) is 8.42 Å². The van der Waals surface area contributed by atoms with Crippen LogP contribution in [-0.4, -0.2) is 37.0 Å². The predicted molar refractivity (Wildman–Crippen MR) is 79.7 cm³/mol. The van der Waals surface area contributed by atoms with Gasteiger partial charge in [-0.15, -0.1) is 0 Å². The van der Waals surface area contributed by atoms with Crippen molar-refractivity contribution in [3.8, 4) is 17.9 Å². The van der Waals surface area contributed by atoms with Gasteiger partial charge in [-0.1, -0.05) is 17.9 Å². The molecule has 0 aliphatic heterocycles. The maximum absolute atomic E-state index is 12.6. The third kappa shape index (κ3) is 4.57. The van der Waals surface area contributed by atoms with E-state index in [1.54, 1.807) is 26.0 Å². The van der Waals surface area contributed by atoms with Crippen LogP contribution in [0.5, 0.6) is 0 Å². The Hall–Kier alpha value is -1.86. The van der Waals surface area contributed by atoms with Crippen LogP contribution in [-0.2, 0) is 10.0 Å². The number of hydrogen-bond acceptors (Lipinski definition) is 4. The van der Waals surface area contributed by atoms with Crippen LogP contribution in [0.1, 0.15) is 25.8 Å². The molecule has 21 heavy (non-hydrogen) atoms. The van der Waals surface area contributed by atoms with Crippen molar-refractivity contribution in [3.63, 3.8) is 0 Å². The zero-order valence-electron chi connectivity index (χ0n) is 12.1. The molecule has 0 unspecified atom stereocenters. The largest absolute Gasteiger partial charge is 0.384 e. The number of hydrogen-bond donors (Lipinski definition) is 1. The van der Waals surface area contributed by atoms with E-state index < -0.39 is 10.0 Å². The molecule has 0 fully saturated rings. The molecule has 0 spiro atoms. The summed E-state index contributed by atoms with van der Waals surface area (Å²) in [5.74, 6) is 5.17. The highest BCUT2D eigenvalue weighted by atomic mass is 32.2. The zero-order valence-corrected chi connectivity index (χ0v) is 12.9. The van der Waals surface area contributed by atoms with E-state index in [0.29, 0.717) is 5.56 Å². The Labute approximate surface area is 125 Å². The maximum atomic E-state index is 12.6. The Morgan fingerprint density at radius 3 is 2.67 bits per heavy atom. The first-order valence-electron chi connectivity index (χ1n) is 6.52. The number of aliphatic hydroxyl groups excluding tert-OH is 1. The molecule has 1 rings (SSSR count). The van der Waals surface area contributed by atoms with Crippen LogP contribution in [0, 0.1) is 23.2 Å². The molecular weight excluding hydrogens is 288 g/mol. The number of sulfonamides is 1. The Bertz CT molecular complexity index is 679. The quantitative estimate of drug-likeness (QED) is 0.832. The smallest absolute Gasteiger partial charge is 0.243 e. The summed E-state index contributed by atoms with van der Waals surface area (Å²) in [6.07, 6.45) is 0.140. The van der Waals surface area contributed by atoms with Crippen LogP contribution in [0.3, 0.4) is 0 Å². The van der Waals surface area contributed by atoms with Gasteiger partial charge in [-0.25, -0.2) is 8.42 Å². The van der Waals surface area contributed by atoms with Gasteiger partial charge in [0.2, 0.25) is 10.0 Å². The lowest BCUT2D eigenvalue weighted by Crippen LogP contribution is -2.37. The van der Waals surface area contributed by atoms with Crippen molar-refractivity contribution in [1.82, 2.24) is 4.31 Å². The van der Waals surface area contributed by atoms with Crippen molar-refractivity contribution in [2.45, 2.75) is 31.2 Å². The van der Waals surface area contributed by atoms with Crippen molar-refractivity contribution >= 4 is 10.0 Å². The first kappa shape index (κ1) is 17.2. The molecular formula is C15H18N2O3S. The fourth-order valence-electron chi connectivity index (χ4n) is 1.83. The summed E-state index contributed by atoms with van der Waals surface area (Å²) in [5, 5.41) is 17.3. The van der Waals surface area contributed by atoms with E-state index in [4.69, 9.17) is 10.4 Å². The number of aliphatic hydroxyl groups is 1. The highest BCUT2D eigenvalue weighted by Crippen LogP contribution is 2.19. The summed E-state index contributed by atoms with van der Waals surface area (Å²) in [7, 11) is -3.67. The summed E-state index contributed by atoms with van der Waals surface area (Å²) in [5.41, 5.74) is 0.522. The second-order valence-electron chi connectivity index (χ2n) is 4.61. The molecule has 0 aliphatic carbocycles. The number of nitriles is 1. The van der Waals surface area contributed by atoms with Gasteiger partial charge in [0.05, 0.1) is 11.0 Å². The molecule has 5 nitrogen and oxygen atoms in total. The van der Waals surface area contributed by atoms with Gasteiger partial charge < -0.3 is 5.11 Å². The lowest BCUT2D eigenvalue weighted by Gasteiger charge is -2.25. The van der Waals surface area contributed by atoms with Gasteiger partial charge >= 0.3 is 0 Å². The topological polar surface area (TPSA) is 81.4 Å². The van der Waals surface area contributed by atoms with E-state index in [2.05, 4.69) is 11.8 Å². The Balaban J connectivity index is 3.19. The second-order valence-corrected chi connectivity index (χ2v) is 6.50. The highest BCUT2D eigenvalue weighted by Gasteiger charge is 2.26. The van der Waals surface area contributed by atoms with Gasteiger partial charge in [0.1, 0.15) is 6.61 Å². The molecule has 1 aromatic rings. The summed E-state index contributed by atoms with van der Waals surface area (Å²) in [4.78, 5) is 0.138. The highest BCUT2D eigenvalue weighted by molar-refractivity contribution is 7.89. The van der Waals surface area contributed by atoms with E-state index in [-0.39, 0.29) is 30.5 Å². The molecule has 0 heterocycles. The van der Waals surface area contributed by atoms with Crippen molar-refractivity contribution in [3.05, 3.63) is 29.8 Å². The lowest BCUT2D eigenvalue weighted by atomic mass is 10.2. The van der Waals surface area contributed by atoms with Crippen LogP contribution in [0.15, 0.2) is 29.2 Å². The van der Waals surface area contributed by atoms with E-state index >= 15 is 0 Å². The standard InChI is InChI=1S/C15H18N2O3S/c1-13(2)17(10-5-9-16)21(19,20)15-8-3-6-14(12-15)7-4-11-18/h3,6,8,12-13,18H,5,10-11H2,1-2H3. The second kappa shape index (κ2) is 7.80. The monoisotopic (exact) mass is 306 g/mol. The molecule has 112 valence electrons. The number of benzene rings is 1. The van der Waals surface area contributed by atoms with E-state index in [1.807, 2.05) is 6.07 Å². The molecule has 0 saturated heterocycles. The first-order chi connectivity index (χ1) is 9.93. The van der Waals surface area contributed by atoms with Crippen molar-refractivity contribution in [2.75, 3.05) is 13.2 Å². The third-order valence-corrected chi connectivity index (χ3v) is 4.84. The average molecular weight is 306 g/mol. The molecule has 0 saturated carbocycles. The maximum Gasteiger partial charge on any atom is 0.243 e. The molecule has 1 N–H and O–H groups in total. The normalized spacial score (nSPS) is 11.0. The van der Waals surface area contributed by atoms with Gasteiger partial charge in [0, 0.05) is 24.6 Å². The lowest BCUT2D eigenvalue weighted by molar-refractivity contribution is 0.350. The molecule has 6 heteroatoms. The van der Waals surface area contributed by atoms with Crippen LogP contribution >= 0.6 is 0 Å². The molecule has 0 bridgehead atoms. The van der Waals surface area contributed by atoms with Gasteiger partial charge in [-0.05, 0) is 32.0 Å². The minimum atomic E-state index is -3.67. The first-order valence-corrected chi connectivity index (χ1v) is 7.96. The van der Waals surface area contributed by atoms with Gasteiger partial charge in [-0.3, -0.25) is 0 Å². The van der Waals surface area contributed by atoms with Gasteiger partial charge in [-0.2, -0.15) is 9.57 Å².